The molecule has 120 valence electrons. The SMILES string of the molecule is CCCOc1ccc(C=O)cc1NC(=O)c1ccc(C)c(C)c1. The molecule has 0 bridgehead atoms. The molecule has 0 saturated carbocycles. The zero-order valence-corrected chi connectivity index (χ0v) is 13.7. The zero-order valence-electron chi connectivity index (χ0n) is 13.7. The van der Waals surface area contributed by atoms with Crippen LogP contribution in [-0.4, -0.2) is 18.8 Å². The fraction of sp³-hybridized carbons (Fsp3) is 0.263. The first-order valence-electron chi connectivity index (χ1n) is 7.65. The van der Waals surface area contributed by atoms with Gasteiger partial charge < -0.3 is 10.1 Å². The van der Waals surface area contributed by atoms with Gasteiger partial charge in [0.05, 0.1) is 12.3 Å². The van der Waals surface area contributed by atoms with Crippen molar-refractivity contribution in [3.63, 3.8) is 0 Å². The van der Waals surface area contributed by atoms with Crippen LogP contribution < -0.4 is 10.1 Å². The van der Waals surface area contributed by atoms with Gasteiger partial charge in [-0.05, 0) is 61.7 Å². The summed E-state index contributed by atoms with van der Waals surface area (Å²) >= 11 is 0. The van der Waals surface area contributed by atoms with Gasteiger partial charge in [0, 0.05) is 11.1 Å². The van der Waals surface area contributed by atoms with Gasteiger partial charge in [-0.25, -0.2) is 0 Å². The van der Waals surface area contributed by atoms with E-state index in [4.69, 9.17) is 4.74 Å². The highest BCUT2D eigenvalue weighted by atomic mass is 16.5. The fourth-order valence-electron chi connectivity index (χ4n) is 2.13. The van der Waals surface area contributed by atoms with Crippen LogP contribution >= 0.6 is 0 Å². The van der Waals surface area contributed by atoms with E-state index < -0.39 is 0 Å². The lowest BCUT2D eigenvalue weighted by molar-refractivity contribution is 0.102. The number of rotatable bonds is 6. The van der Waals surface area contributed by atoms with Crippen molar-refractivity contribution in [2.45, 2.75) is 27.2 Å². The lowest BCUT2D eigenvalue weighted by Gasteiger charge is -2.13. The normalized spacial score (nSPS) is 10.2. The molecule has 0 aliphatic heterocycles. The minimum Gasteiger partial charge on any atom is -0.491 e. The monoisotopic (exact) mass is 311 g/mol. The summed E-state index contributed by atoms with van der Waals surface area (Å²) in [4.78, 5) is 23.4. The van der Waals surface area contributed by atoms with Crippen LogP contribution in [0.25, 0.3) is 0 Å². The summed E-state index contributed by atoms with van der Waals surface area (Å²) < 4.78 is 5.63. The van der Waals surface area contributed by atoms with E-state index in [1.807, 2.05) is 32.9 Å². The molecule has 0 spiro atoms. The molecule has 0 unspecified atom stereocenters. The van der Waals surface area contributed by atoms with E-state index >= 15 is 0 Å². The van der Waals surface area contributed by atoms with Crippen LogP contribution in [0.2, 0.25) is 0 Å². The molecule has 0 heterocycles. The van der Waals surface area contributed by atoms with Crippen LogP contribution in [0.3, 0.4) is 0 Å². The minimum atomic E-state index is -0.225. The molecule has 0 aromatic heterocycles. The Labute approximate surface area is 136 Å². The lowest BCUT2D eigenvalue weighted by Crippen LogP contribution is -2.13. The van der Waals surface area contributed by atoms with Crippen molar-refractivity contribution in [1.82, 2.24) is 0 Å². The van der Waals surface area contributed by atoms with E-state index in [9.17, 15) is 9.59 Å². The van der Waals surface area contributed by atoms with E-state index in [2.05, 4.69) is 5.32 Å². The van der Waals surface area contributed by atoms with Crippen LogP contribution in [0.1, 0.15) is 45.2 Å². The molecular weight excluding hydrogens is 290 g/mol. The van der Waals surface area contributed by atoms with Crippen LogP contribution in [0.4, 0.5) is 5.69 Å². The average Bonchev–Trinajstić information content (AvgIpc) is 2.56. The number of nitrogens with one attached hydrogen (secondary N) is 1. The van der Waals surface area contributed by atoms with Crippen LogP contribution in [0.15, 0.2) is 36.4 Å². The second-order valence-corrected chi connectivity index (χ2v) is 5.48. The predicted molar refractivity (Wildman–Crippen MR) is 91.5 cm³/mol. The third-order valence-corrected chi connectivity index (χ3v) is 3.62. The largest absolute Gasteiger partial charge is 0.491 e. The van der Waals surface area contributed by atoms with Crippen LogP contribution in [-0.2, 0) is 0 Å². The van der Waals surface area contributed by atoms with Crippen molar-refractivity contribution in [2.24, 2.45) is 0 Å². The highest BCUT2D eigenvalue weighted by molar-refractivity contribution is 6.05. The van der Waals surface area contributed by atoms with E-state index in [0.717, 1.165) is 23.8 Å². The Kier molecular flexibility index (Phi) is 5.52. The summed E-state index contributed by atoms with van der Waals surface area (Å²) in [5, 5.41) is 2.83. The topological polar surface area (TPSA) is 55.4 Å². The Morgan fingerprint density at radius 3 is 2.57 bits per heavy atom. The molecule has 0 atom stereocenters. The molecular formula is C19H21NO3. The van der Waals surface area contributed by atoms with E-state index in [1.165, 1.54) is 0 Å². The number of carbonyl (C=O) groups excluding carboxylic acids is 2. The van der Waals surface area contributed by atoms with Gasteiger partial charge in [-0.2, -0.15) is 0 Å². The first-order valence-corrected chi connectivity index (χ1v) is 7.65. The van der Waals surface area contributed by atoms with Gasteiger partial charge in [-0.15, -0.1) is 0 Å². The first kappa shape index (κ1) is 16.7. The maximum absolute atomic E-state index is 12.4. The molecule has 4 nitrogen and oxygen atoms in total. The Hall–Kier alpha value is -2.62. The van der Waals surface area contributed by atoms with E-state index in [0.29, 0.717) is 29.2 Å². The molecule has 0 saturated heterocycles. The lowest BCUT2D eigenvalue weighted by atomic mass is 10.1. The number of carbonyl (C=O) groups is 2. The Morgan fingerprint density at radius 2 is 1.91 bits per heavy atom. The molecule has 2 aromatic carbocycles. The highest BCUT2D eigenvalue weighted by Gasteiger charge is 2.12. The number of anilines is 1. The quantitative estimate of drug-likeness (QED) is 0.815. The Morgan fingerprint density at radius 1 is 1.13 bits per heavy atom. The van der Waals surface area contributed by atoms with Crippen molar-refractivity contribution in [1.29, 1.82) is 0 Å². The third-order valence-electron chi connectivity index (χ3n) is 3.62. The number of aldehydes is 1. The molecule has 0 fully saturated rings. The van der Waals surface area contributed by atoms with E-state index in [1.54, 1.807) is 24.3 Å². The molecule has 23 heavy (non-hydrogen) atoms. The maximum atomic E-state index is 12.4. The van der Waals surface area contributed by atoms with Crippen molar-refractivity contribution in [2.75, 3.05) is 11.9 Å². The maximum Gasteiger partial charge on any atom is 0.255 e. The van der Waals surface area contributed by atoms with Gasteiger partial charge in [0.25, 0.3) is 5.91 Å². The van der Waals surface area contributed by atoms with E-state index in [-0.39, 0.29) is 5.91 Å². The molecule has 1 N–H and O–H groups in total. The summed E-state index contributed by atoms with van der Waals surface area (Å²) in [5.41, 5.74) is 3.76. The molecule has 1 amide bonds. The second kappa shape index (κ2) is 7.58. The highest BCUT2D eigenvalue weighted by Crippen LogP contribution is 2.26. The third kappa shape index (κ3) is 4.19. The number of amides is 1. The smallest absolute Gasteiger partial charge is 0.255 e. The Balaban J connectivity index is 2.27. The van der Waals surface area contributed by atoms with Crippen molar-refractivity contribution in [3.05, 3.63) is 58.7 Å². The predicted octanol–water partition coefficient (Wildman–Crippen LogP) is 4.16. The molecule has 0 aliphatic carbocycles. The minimum absolute atomic E-state index is 0.225. The van der Waals surface area contributed by atoms with Crippen LogP contribution in [0.5, 0.6) is 5.75 Å². The molecule has 2 aromatic rings. The summed E-state index contributed by atoms with van der Waals surface area (Å²) in [5.74, 6) is 0.340. The molecule has 4 heteroatoms. The van der Waals surface area contributed by atoms with Gasteiger partial charge in [-0.3, -0.25) is 9.59 Å². The van der Waals surface area contributed by atoms with Gasteiger partial charge >= 0.3 is 0 Å². The number of benzene rings is 2. The van der Waals surface area contributed by atoms with Gasteiger partial charge in [0.2, 0.25) is 0 Å². The second-order valence-electron chi connectivity index (χ2n) is 5.48. The van der Waals surface area contributed by atoms with Gasteiger partial charge in [0.15, 0.2) is 0 Å². The summed E-state index contributed by atoms with van der Waals surface area (Å²) in [6.07, 6.45) is 1.61. The van der Waals surface area contributed by atoms with Crippen molar-refractivity contribution in [3.8, 4) is 5.75 Å². The summed E-state index contributed by atoms with van der Waals surface area (Å²) in [7, 11) is 0. The van der Waals surface area contributed by atoms with Crippen molar-refractivity contribution < 1.29 is 14.3 Å². The number of aryl methyl sites for hydroxylation is 2. The zero-order chi connectivity index (χ0) is 16.8. The molecule has 2 rings (SSSR count). The number of hydrogen-bond donors (Lipinski definition) is 1. The van der Waals surface area contributed by atoms with Gasteiger partial charge in [0.1, 0.15) is 12.0 Å². The summed E-state index contributed by atoms with van der Waals surface area (Å²) in [6, 6.07) is 10.5. The van der Waals surface area contributed by atoms with Crippen molar-refractivity contribution >= 4 is 17.9 Å². The molecule has 0 radical (unpaired) electrons. The molecule has 0 aliphatic rings. The Bertz CT molecular complexity index is 723. The summed E-state index contributed by atoms with van der Waals surface area (Å²) in [6.45, 7) is 6.52. The average molecular weight is 311 g/mol. The fourth-order valence-corrected chi connectivity index (χ4v) is 2.13. The van der Waals surface area contributed by atoms with Crippen LogP contribution in [0, 0.1) is 13.8 Å². The number of hydrogen-bond acceptors (Lipinski definition) is 3. The van der Waals surface area contributed by atoms with Gasteiger partial charge in [-0.1, -0.05) is 13.0 Å². The standard InChI is InChI=1S/C19H21NO3/c1-4-9-23-18-8-6-15(12-21)11-17(18)20-19(22)16-7-5-13(2)14(3)10-16/h5-8,10-12H,4,9H2,1-3H3,(H,20,22). The first-order chi connectivity index (χ1) is 11.0. The number of ether oxygens (including phenoxy) is 1.